The average Bonchev–Trinajstić information content (AvgIpc) is 3.00. The fourth-order valence-electron chi connectivity index (χ4n) is 2.10. The second kappa shape index (κ2) is 6.02. The molecule has 1 aliphatic heterocycles. The third-order valence-electron chi connectivity index (χ3n) is 3.07. The number of ether oxygens (including phenoxy) is 1. The van der Waals surface area contributed by atoms with Crippen molar-refractivity contribution in [1.29, 1.82) is 0 Å². The van der Waals surface area contributed by atoms with Crippen LogP contribution in [0.4, 0.5) is 4.79 Å². The number of thiophene rings is 1. The van der Waals surface area contributed by atoms with Gasteiger partial charge in [-0.05, 0) is 28.8 Å². The highest BCUT2D eigenvalue weighted by Gasteiger charge is 2.27. The molecule has 0 spiro atoms. The van der Waals surface area contributed by atoms with Crippen molar-refractivity contribution in [3.63, 3.8) is 0 Å². The number of carbonyl (C=O) groups excluding carboxylic acids is 1. The van der Waals surface area contributed by atoms with Crippen LogP contribution in [0.15, 0.2) is 16.8 Å². The van der Waals surface area contributed by atoms with E-state index in [0.717, 1.165) is 19.5 Å². The van der Waals surface area contributed by atoms with Gasteiger partial charge in [-0.15, -0.1) is 0 Å². The van der Waals surface area contributed by atoms with Crippen molar-refractivity contribution >= 4 is 17.4 Å². The van der Waals surface area contributed by atoms with Crippen LogP contribution in [0.3, 0.4) is 0 Å². The van der Waals surface area contributed by atoms with Crippen molar-refractivity contribution in [1.82, 2.24) is 10.2 Å². The highest BCUT2D eigenvalue weighted by molar-refractivity contribution is 7.07. The molecule has 0 unspecified atom stereocenters. The largest absolute Gasteiger partial charge is 0.383 e. The van der Waals surface area contributed by atoms with Gasteiger partial charge in [0.1, 0.15) is 0 Å². The Labute approximate surface area is 106 Å². The molecule has 1 atom stereocenters. The smallest absolute Gasteiger partial charge is 0.317 e. The van der Waals surface area contributed by atoms with Crippen LogP contribution < -0.4 is 5.32 Å². The van der Waals surface area contributed by atoms with Gasteiger partial charge in [-0.25, -0.2) is 4.79 Å². The molecule has 94 valence electrons. The van der Waals surface area contributed by atoms with Crippen LogP contribution in [0.1, 0.15) is 17.9 Å². The van der Waals surface area contributed by atoms with Crippen molar-refractivity contribution in [3.05, 3.63) is 22.4 Å². The zero-order valence-corrected chi connectivity index (χ0v) is 10.8. The van der Waals surface area contributed by atoms with Gasteiger partial charge in [0, 0.05) is 32.7 Å². The number of hydrogen-bond donors (Lipinski definition) is 1. The summed E-state index contributed by atoms with van der Waals surface area (Å²) in [6.07, 6.45) is 1.06. The minimum atomic E-state index is 0.0276. The number of amides is 2. The van der Waals surface area contributed by atoms with Crippen LogP contribution in [0.5, 0.6) is 0 Å². The van der Waals surface area contributed by atoms with Gasteiger partial charge < -0.3 is 15.0 Å². The Morgan fingerprint density at radius 1 is 1.71 bits per heavy atom. The minimum absolute atomic E-state index is 0.0276. The number of methoxy groups -OCH3 is 1. The van der Waals surface area contributed by atoms with Crippen molar-refractivity contribution in [3.8, 4) is 0 Å². The van der Waals surface area contributed by atoms with E-state index in [-0.39, 0.29) is 6.03 Å². The summed E-state index contributed by atoms with van der Waals surface area (Å²) in [5.74, 6) is 0.509. The van der Waals surface area contributed by atoms with E-state index in [1.165, 1.54) is 5.56 Å². The lowest BCUT2D eigenvalue weighted by atomic mass is 10.0. The molecule has 1 fully saturated rings. The van der Waals surface area contributed by atoms with Gasteiger partial charge in [0.05, 0.1) is 6.61 Å². The summed E-state index contributed by atoms with van der Waals surface area (Å²) in [6, 6.07) is 2.18. The SMILES string of the molecule is COCCNC(=O)N1CC[C@H](c2ccsc2)C1. The number of urea groups is 1. The molecule has 1 aromatic rings. The highest BCUT2D eigenvalue weighted by Crippen LogP contribution is 2.28. The van der Waals surface area contributed by atoms with Crippen molar-refractivity contribution in [2.75, 3.05) is 33.4 Å². The quantitative estimate of drug-likeness (QED) is 0.834. The molecular weight excluding hydrogens is 236 g/mol. The van der Waals surface area contributed by atoms with Crippen LogP contribution in [0.25, 0.3) is 0 Å². The molecule has 0 aromatic carbocycles. The number of hydrogen-bond acceptors (Lipinski definition) is 3. The third kappa shape index (κ3) is 3.20. The molecule has 0 bridgehead atoms. The first-order valence-corrected chi connectivity index (χ1v) is 6.79. The standard InChI is InChI=1S/C12H18N2O2S/c1-16-6-4-13-12(15)14-5-2-10(8-14)11-3-7-17-9-11/h3,7,9-10H,2,4-6,8H2,1H3,(H,13,15)/t10-/m0/s1. The molecule has 1 aromatic heterocycles. The molecule has 0 saturated carbocycles. The van der Waals surface area contributed by atoms with E-state index in [2.05, 4.69) is 22.1 Å². The first-order valence-electron chi connectivity index (χ1n) is 5.85. The van der Waals surface area contributed by atoms with Crippen LogP contribution in [-0.2, 0) is 4.74 Å². The van der Waals surface area contributed by atoms with E-state index in [1.807, 2.05) is 4.90 Å². The number of rotatable bonds is 4. The predicted molar refractivity (Wildman–Crippen MR) is 68.5 cm³/mol. The van der Waals surface area contributed by atoms with Gasteiger partial charge in [-0.2, -0.15) is 11.3 Å². The van der Waals surface area contributed by atoms with Crippen LogP contribution in [0, 0.1) is 0 Å². The molecule has 1 N–H and O–H groups in total. The van der Waals surface area contributed by atoms with Gasteiger partial charge >= 0.3 is 6.03 Å². The Hall–Kier alpha value is -1.07. The summed E-state index contributed by atoms with van der Waals surface area (Å²) in [5.41, 5.74) is 1.36. The Morgan fingerprint density at radius 3 is 3.29 bits per heavy atom. The first kappa shape index (κ1) is 12.4. The predicted octanol–water partition coefficient (Wildman–Crippen LogP) is 1.89. The van der Waals surface area contributed by atoms with Crippen LogP contribution in [-0.4, -0.2) is 44.3 Å². The molecule has 17 heavy (non-hydrogen) atoms. The normalized spacial score (nSPS) is 19.6. The van der Waals surface area contributed by atoms with Crippen molar-refractivity contribution < 1.29 is 9.53 Å². The second-order valence-corrected chi connectivity index (χ2v) is 4.99. The van der Waals surface area contributed by atoms with Gasteiger partial charge in [0.25, 0.3) is 0 Å². The molecule has 1 saturated heterocycles. The summed E-state index contributed by atoms with van der Waals surface area (Å²) >= 11 is 1.72. The molecule has 2 amide bonds. The lowest BCUT2D eigenvalue weighted by Gasteiger charge is -2.17. The molecule has 2 rings (SSSR count). The van der Waals surface area contributed by atoms with E-state index in [9.17, 15) is 4.79 Å². The van der Waals surface area contributed by atoms with Gasteiger partial charge in [0.2, 0.25) is 0 Å². The zero-order valence-electron chi connectivity index (χ0n) is 10.0. The first-order chi connectivity index (χ1) is 8.31. The number of nitrogens with one attached hydrogen (secondary N) is 1. The van der Waals surface area contributed by atoms with Crippen LogP contribution in [0.2, 0.25) is 0 Å². The summed E-state index contributed by atoms with van der Waals surface area (Å²) in [4.78, 5) is 13.7. The Kier molecular flexibility index (Phi) is 4.39. The maximum atomic E-state index is 11.8. The van der Waals surface area contributed by atoms with E-state index in [1.54, 1.807) is 18.4 Å². The monoisotopic (exact) mass is 254 g/mol. The fraction of sp³-hybridized carbons (Fsp3) is 0.583. The van der Waals surface area contributed by atoms with Crippen molar-refractivity contribution in [2.45, 2.75) is 12.3 Å². The minimum Gasteiger partial charge on any atom is -0.383 e. The average molecular weight is 254 g/mol. The van der Waals surface area contributed by atoms with E-state index in [0.29, 0.717) is 19.1 Å². The molecular formula is C12H18N2O2S. The summed E-state index contributed by atoms with van der Waals surface area (Å²) in [7, 11) is 1.63. The summed E-state index contributed by atoms with van der Waals surface area (Å²) in [5, 5.41) is 7.13. The zero-order chi connectivity index (χ0) is 12.1. The molecule has 4 nitrogen and oxygen atoms in total. The topological polar surface area (TPSA) is 41.6 Å². The van der Waals surface area contributed by atoms with E-state index >= 15 is 0 Å². The molecule has 2 heterocycles. The Balaban J connectivity index is 1.79. The van der Waals surface area contributed by atoms with E-state index in [4.69, 9.17) is 4.74 Å². The number of likely N-dealkylation sites (tertiary alicyclic amines) is 1. The summed E-state index contributed by atoms with van der Waals surface area (Å²) in [6.45, 7) is 2.82. The molecule has 5 heteroatoms. The molecule has 0 radical (unpaired) electrons. The van der Waals surface area contributed by atoms with Crippen LogP contribution >= 0.6 is 11.3 Å². The van der Waals surface area contributed by atoms with Crippen molar-refractivity contribution in [2.24, 2.45) is 0 Å². The number of nitrogens with zero attached hydrogens (tertiary/aromatic N) is 1. The summed E-state index contributed by atoms with van der Waals surface area (Å²) < 4.78 is 4.90. The van der Waals surface area contributed by atoms with E-state index < -0.39 is 0 Å². The lowest BCUT2D eigenvalue weighted by molar-refractivity contribution is 0.185. The maximum Gasteiger partial charge on any atom is 0.317 e. The lowest BCUT2D eigenvalue weighted by Crippen LogP contribution is -2.39. The maximum absolute atomic E-state index is 11.8. The molecule has 0 aliphatic carbocycles. The Morgan fingerprint density at radius 2 is 2.59 bits per heavy atom. The third-order valence-corrected chi connectivity index (χ3v) is 3.77. The second-order valence-electron chi connectivity index (χ2n) is 4.21. The Bertz CT molecular complexity index is 353. The van der Waals surface area contributed by atoms with Gasteiger partial charge in [-0.1, -0.05) is 0 Å². The highest BCUT2D eigenvalue weighted by atomic mass is 32.1. The van der Waals surface area contributed by atoms with Gasteiger partial charge in [-0.3, -0.25) is 0 Å². The fourth-order valence-corrected chi connectivity index (χ4v) is 2.84. The number of carbonyl (C=O) groups is 1. The van der Waals surface area contributed by atoms with Gasteiger partial charge in [0.15, 0.2) is 0 Å². The molecule has 1 aliphatic rings.